The Kier molecular flexibility index (Phi) is 13.9. The van der Waals surface area contributed by atoms with Gasteiger partial charge in [-0.1, -0.05) is 109 Å². The monoisotopic (exact) mass is 329 g/mol. The van der Waals surface area contributed by atoms with Crippen molar-refractivity contribution in [1.82, 2.24) is 0 Å². The molecule has 0 saturated heterocycles. The van der Waals surface area contributed by atoms with Gasteiger partial charge in [0.15, 0.2) is 0 Å². The lowest BCUT2D eigenvalue weighted by atomic mass is 10.00. The molecule has 24 heavy (non-hydrogen) atoms. The van der Waals surface area contributed by atoms with E-state index in [1.54, 1.807) is 0 Å². The summed E-state index contributed by atoms with van der Waals surface area (Å²) in [4.78, 5) is 0. The van der Waals surface area contributed by atoms with Crippen molar-refractivity contribution in [2.24, 2.45) is 0 Å². The molecule has 0 aromatic heterocycles. The van der Waals surface area contributed by atoms with Gasteiger partial charge in [0.1, 0.15) is 0 Å². The highest BCUT2D eigenvalue weighted by atomic mass is 14.0. The van der Waals surface area contributed by atoms with E-state index in [9.17, 15) is 0 Å². The maximum atomic E-state index is 3.67. The zero-order valence-corrected chi connectivity index (χ0v) is 16.5. The molecule has 0 bridgehead atoms. The van der Waals surface area contributed by atoms with Gasteiger partial charge in [0.2, 0.25) is 0 Å². The Balaban J connectivity index is 2.08. The van der Waals surface area contributed by atoms with E-state index in [1.807, 2.05) is 0 Å². The Morgan fingerprint density at radius 3 is 1.33 bits per heavy atom. The SMILES string of the molecule is CCCCCCCCCc1[c]c(CCCCCCCCC)ccc1. The standard InChI is InChI=1S/C24H41/c1-3-5-7-9-11-13-15-18-23-20-17-21-24(22-23)19-16-14-12-10-8-6-4-2/h17,20-21H,3-16,18-19H2,1-2H3. The second-order valence-electron chi connectivity index (χ2n) is 7.44. The molecule has 0 nitrogen and oxygen atoms in total. The topological polar surface area (TPSA) is 0 Å². The molecule has 0 aliphatic rings. The smallest absolute Gasteiger partial charge is 0.0114 e. The van der Waals surface area contributed by atoms with Crippen LogP contribution in [-0.2, 0) is 12.8 Å². The van der Waals surface area contributed by atoms with Crippen LogP contribution in [0.5, 0.6) is 0 Å². The van der Waals surface area contributed by atoms with Crippen molar-refractivity contribution in [2.75, 3.05) is 0 Å². The summed E-state index contributed by atoms with van der Waals surface area (Å²) in [5.74, 6) is 0. The highest BCUT2D eigenvalue weighted by Gasteiger charge is 1.99. The van der Waals surface area contributed by atoms with E-state index in [0.29, 0.717) is 0 Å². The number of benzene rings is 1. The Morgan fingerprint density at radius 2 is 0.917 bits per heavy atom. The van der Waals surface area contributed by atoms with E-state index >= 15 is 0 Å². The predicted molar refractivity (Wildman–Crippen MR) is 109 cm³/mol. The van der Waals surface area contributed by atoms with Crippen LogP contribution in [0.1, 0.15) is 115 Å². The molecule has 1 aromatic rings. The molecule has 137 valence electrons. The Hall–Kier alpha value is -0.780. The average Bonchev–Trinajstić information content (AvgIpc) is 2.60. The molecule has 0 atom stereocenters. The molecule has 0 aliphatic carbocycles. The van der Waals surface area contributed by atoms with Gasteiger partial charge in [-0.25, -0.2) is 0 Å². The van der Waals surface area contributed by atoms with Gasteiger partial charge in [0.25, 0.3) is 0 Å². The predicted octanol–water partition coefficient (Wildman–Crippen LogP) is 8.07. The lowest BCUT2D eigenvalue weighted by molar-refractivity contribution is 0.587. The van der Waals surface area contributed by atoms with Gasteiger partial charge in [-0.2, -0.15) is 0 Å². The lowest BCUT2D eigenvalue weighted by Crippen LogP contribution is -1.92. The second-order valence-corrected chi connectivity index (χ2v) is 7.44. The van der Waals surface area contributed by atoms with Crippen LogP contribution in [-0.4, -0.2) is 0 Å². The summed E-state index contributed by atoms with van der Waals surface area (Å²) in [5, 5.41) is 0. The first-order chi connectivity index (χ1) is 11.9. The molecule has 0 heterocycles. The molecule has 0 fully saturated rings. The first-order valence-electron chi connectivity index (χ1n) is 10.9. The van der Waals surface area contributed by atoms with Crippen LogP contribution in [0, 0.1) is 6.07 Å². The Morgan fingerprint density at radius 1 is 0.542 bits per heavy atom. The minimum atomic E-state index is 1.22. The number of unbranched alkanes of at least 4 members (excludes halogenated alkanes) is 12. The fourth-order valence-electron chi connectivity index (χ4n) is 3.41. The van der Waals surface area contributed by atoms with Crippen molar-refractivity contribution in [3.8, 4) is 0 Å². The van der Waals surface area contributed by atoms with Crippen molar-refractivity contribution >= 4 is 0 Å². The van der Waals surface area contributed by atoms with Gasteiger partial charge >= 0.3 is 0 Å². The van der Waals surface area contributed by atoms with E-state index in [1.165, 1.54) is 114 Å². The van der Waals surface area contributed by atoms with Gasteiger partial charge in [0.05, 0.1) is 0 Å². The number of hydrogen-bond donors (Lipinski definition) is 0. The minimum Gasteiger partial charge on any atom is -0.0654 e. The van der Waals surface area contributed by atoms with Crippen molar-refractivity contribution in [2.45, 2.75) is 117 Å². The zero-order chi connectivity index (χ0) is 17.3. The quantitative estimate of drug-likeness (QED) is 0.269. The van der Waals surface area contributed by atoms with Crippen molar-refractivity contribution < 1.29 is 0 Å². The molecule has 0 aliphatic heterocycles. The van der Waals surface area contributed by atoms with Crippen LogP contribution in [0.4, 0.5) is 0 Å². The van der Waals surface area contributed by atoms with E-state index < -0.39 is 0 Å². The molecule has 1 aromatic carbocycles. The molecule has 0 N–H and O–H groups in total. The molecular weight excluding hydrogens is 288 g/mol. The summed E-state index contributed by atoms with van der Waals surface area (Å²) in [6.45, 7) is 4.57. The first kappa shape index (κ1) is 21.3. The van der Waals surface area contributed by atoms with E-state index in [2.05, 4.69) is 38.1 Å². The third kappa shape index (κ3) is 11.7. The summed E-state index contributed by atoms with van der Waals surface area (Å²) in [5.41, 5.74) is 2.87. The van der Waals surface area contributed by atoms with Gasteiger partial charge in [0, 0.05) is 0 Å². The van der Waals surface area contributed by atoms with Crippen LogP contribution >= 0.6 is 0 Å². The molecule has 0 unspecified atom stereocenters. The van der Waals surface area contributed by atoms with Crippen molar-refractivity contribution in [1.29, 1.82) is 0 Å². The zero-order valence-electron chi connectivity index (χ0n) is 16.5. The average molecular weight is 330 g/mol. The highest BCUT2D eigenvalue weighted by Crippen LogP contribution is 2.14. The summed E-state index contributed by atoms with van der Waals surface area (Å²) in [6, 6.07) is 10.4. The van der Waals surface area contributed by atoms with Crippen molar-refractivity contribution in [3.05, 3.63) is 35.4 Å². The fourth-order valence-corrected chi connectivity index (χ4v) is 3.41. The van der Waals surface area contributed by atoms with E-state index in [-0.39, 0.29) is 0 Å². The normalized spacial score (nSPS) is 11.1. The van der Waals surface area contributed by atoms with Gasteiger partial charge in [-0.05, 0) is 42.9 Å². The molecule has 1 radical (unpaired) electrons. The molecule has 1 rings (SSSR count). The lowest BCUT2D eigenvalue weighted by Gasteiger charge is -2.06. The van der Waals surface area contributed by atoms with Gasteiger partial charge in [-0.3, -0.25) is 0 Å². The molecule has 0 amide bonds. The van der Waals surface area contributed by atoms with Crippen LogP contribution in [0.25, 0.3) is 0 Å². The fraction of sp³-hybridized carbons (Fsp3) is 0.750. The summed E-state index contributed by atoms with van der Waals surface area (Å²) in [7, 11) is 0. The number of hydrogen-bond acceptors (Lipinski definition) is 0. The molecular formula is C24H41. The van der Waals surface area contributed by atoms with Crippen LogP contribution in [0.3, 0.4) is 0 Å². The number of aryl methyl sites for hydroxylation is 2. The Labute approximate surface area is 152 Å². The highest BCUT2D eigenvalue weighted by molar-refractivity contribution is 5.22. The van der Waals surface area contributed by atoms with Crippen LogP contribution < -0.4 is 0 Å². The molecule has 0 saturated carbocycles. The second kappa shape index (κ2) is 15.7. The van der Waals surface area contributed by atoms with E-state index in [4.69, 9.17) is 0 Å². The summed E-state index contributed by atoms with van der Waals surface area (Å²) in [6.07, 6.45) is 21.9. The maximum absolute atomic E-state index is 3.67. The first-order valence-corrected chi connectivity index (χ1v) is 10.9. The van der Waals surface area contributed by atoms with Crippen LogP contribution in [0.2, 0.25) is 0 Å². The van der Waals surface area contributed by atoms with Crippen molar-refractivity contribution in [3.63, 3.8) is 0 Å². The minimum absolute atomic E-state index is 1.22. The largest absolute Gasteiger partial charge is 0.0654 e. The number of rotatable bonds is 16. The third-order valence-electron chi connectivity index (χ3n) is 5.02. The van der Waals surface area contributed by atoms with E-state index in [0.717, 1.165) is 0 Å². The maximum Gasteiger partial charge on any atom is -0.0114 e. The Bertz CT molecular complexity index is 346. The summed E-state index contributed by atoms with van der Waals surface area (Å²) >= 11 is 0. The van der Waals surface area contributed by atoms with Crippen LogP contribution in [0.15, 0.2) is 18.2 Å². The third-order valence-corrected chi connectivity index (χ3v) is 5.02. The van der Waals surface area contributed by atoms with Gasteiger partial charge in [-0.15, -0.1) is 0 Å². The van der Waals surface area contributed by atoms with Gasteiger partial charge < -0.3 is 0 Å². The summed E-state index contributed by atoms with van der Waals surface area (Å²) < 4.78 is 0. The molecule has 0 spiro atoms. The molecule has 0 heteroatoms.